The number of amides is 2. The molecule has 0 spiro atoms. The first-order valence-electron chi connectivity index (χ1n) is 9.05. The van der Waals surface area contributed by atoms with Gasteiger partial charge in [0.2, 0.25) is 5.91 Å². The van der Waals surface area contributed by atoms with E-state index in [0.29, 0.717) is 19.5 Å². The number of rotatable bonds is 7. The van der Waals surface area contributed by atoms with Crippen molar-refractivity contribution in [3.8, 4) is 0 Å². The van der Waals surface area contributed by atoms with Crippen LogP contribution in [-0.2, 0) is 16.0 Å². The van der Waals surface area contributed by atoms with Gasteiger partial charge in [-0.3, -0.25) is 4.79 Å². The van der Waals surface area contributed by atoms with Gasteiger partial charge in [-0.25, -0.2) is 4.79 Å². The number of benzene rings is 2. The molecule has 0 fully saturated rings. The van der Waals surface area contributed by atoms with Gasteiger partial charge in [-0.2, -0.15) is 0 Å². The summed E-state index contributed by atoms with van der Waals surface area (Å²) in [6, 6.07) is 14.2. The predicted octanol–water partition coefficient (Wildman–Crippen LogP) is 3.80. The highest BCUT2D eigenvalue weighted by Gasteiger charge is 2.15. The summed E-state index contributed by atoms with van der Waals surface area (Å²) in [7, 11) is 0. The second-order valence-corrected chi connectivity index (χ2v) is 7.34. The Hall–Kier alpha value is -2.56. The summed E-state index contributed by atoms with van der Waals surface area (Å²) < 4.78 is 5.16. The van der Waals surface area contributed by atoms with Crippen molar-refractivity contribution in [1.82, 2.24) is 10.6 Å². The van der Waals surface area contributed by atoms with Crippen LogP contribution in [0.4, 0.5) is 4.79 Å². The van der Waals surface area contributed by atoms with E-state index in [2.05, 4.69) is 28.8 Å². The first-order valence-corrected chi connectivity index (χ1v) is 9.05. The standard InChI is InChI=1S/C21H28N2O3/c1-21(2,3)26-20(25)23-13-7-6-12-22-19(24)15-16-10-11-17-8-4-5-9-18(17)14-16/h4-5,8-11,14H,6-7,12-13,15H2,1-3H3,(H,22,24)(H,23,25). The van der Waals surface area contributed by atoms with Crippen molar-refractivity contribution in [2.75, 3.05) is 13.1 Å². The minimum absolute atomic E-state index is 0.0142. The molecule has 26 heavy (non-hydrogen) atoms. The molecule has 0 aliphatic carbocycles. The Morgan fingerprint density at radius 2 is 1.58 bits per heavy atom. The van der Waals surface area contributed by atoms with Gasteiger partial charge in [0.15, 0.2) is 0 Å². The molecule has 2 aromatic rings. The van der Waals surface area contributed by atoms with Gasteiger partial charge in [0.1, 0.15) is 5.60 Å². The molecule has 0 aliphatic rings. The third-order valence-corrected chi connectivity index (χ3v) is 3.77. The van der Waals surface area contributed by atoms with E-state index in [9.17, 15) is 9.59 Å². The first kappa shape index (κ1) is 19.8. The molecular weight excluding hydrogens is 328 g/mol. The summed E-state index contributed by atoms with van der Waals surface area (Å²) in [5.41, 5.74) is 0.522. The van der Waals surface area contributed by atoms with E-state index in [1.165, 1.54) is 5.39 Å². The van der Waals surface area contributed by atoms with Crippen LogP contribution >= 0.6 is 0 Å². The van der Waals surface area contributed by atoms with Crippen LogP contribution in [0.15, 0.2) is 42.5 Å². The Bertz CT molecular complexity index is 750. The summed E-state index contributed by atoms with van der Waals surface area (Å²) >= 11 is 0. The highest BCUT2D eigenvalue weighted by Crippen LogP contribution is 2.15. The van der Waals surface area contributed by atoms with Crippen molar-refractivity contribution >= 4 is 22.8 Å². The molecule has 140 valence electrons. The molecule has 0 heterocycles. The Balaban J connectivity index is 1.62. The molecule has 2 amide bonds. The molecule has 2 N–H and O–H groups in total. The molecule has 2 aromatic carbocycles. The number of nitrogens with one attached hydrogen (secondary N) is 2. The lowest BCUT2D eigenvalue weighted by atomic mass is 10.0. The number of carbonyl (C=O) groups is 2. The second kappa shape index (κ2) is 9.22. The Morgan fingerprint density at radius 1 is 0.923 bits per heavy atom. The lowest BCUT2D eigenvalue weighted by Crippen LogP contribution is -2.33. The topological polar surface area (TPSA) is 67.4 Å². The van der Waals surface area contributed by atoms with Crippen LogP contribution in [-0.4, -0.2) is 30.7 Å². The van der Waals surface area contributed by atoms with Crippen LogP contribution in [0.5, 0.6) is 0 Å². The highest BCUT2D eigenvalue weighted by molar-refractivity contribution is 5.85. The average molecular weight is 356 g/mol. The fourth-order valence-electron chi connectivity index (χ4n) is 2.58. The molecule has 0 bridgehead atoms. The number of ether oxygens (including phenoxy) is 1. The number of fused-ring (bicyclic) bond motifs is 1. The van der Waals surface area contributed by atoms with Crippen molar-refractivity contribution in [1.29, 1.82) is 0 Å². The Kier molecular flexibility index (Phi) is 7.01. The molecule has 0 saturated carbocycles. The van der Waals surface area contributed by atoms with Crippen LogP contribution in [0, 0.1) is 0 Å². The number of unbranched alkanes of at least 4 members (excludes halogenated alkanes) is 1. The molecule has 2 rings (SSSR count). The van der Waals surface area contributed by atoms with Crippen LogP contribution < -0.4 is 10.6 Å². The van der Waals surface area contributed by atoms with Gasteiger partial charge < -0.3 is 15.4 Å². The van der Waals surface area contributed by atoms with Crippen LogP contribution in [0.3, 0.4) is 0 Å². The molecule has 0 aliphatic heterocycles. The fraction of sp³-hybridized carbons (Fsp3) is 0.429. The molecule has 0 unspecified atom stereocenters. The van der Waals surface area contributed by atoms with Crippen molar-refractivity contribution in [3.05, 3.63) is 48.0 Å². The smallest absolute Gasteiger partial charge is 0.407 e. The van der Waals surface area contributed by atoms with Crippen LogP contribution in [0.25, 0.3) is 10.8 Å². The minimum atomic E-state index is -0.485. The summed E-state index contributed by atoms with van der Waals surface area (Å²) in [6.07, 6.45) is 1.56. The van der Waals surface area contributed by atoms with E-state index in [1.54, 1.807) is 0 Å². The van der Waals surface area contributed by atoms with E-state index in [0.717, 1.165) is 23.8 Å². The zero-order valence-electron chi connectivity index (χ0n) is 15.8. The number of carbonyl (C=O) groups excluding carboxylic acids is 2. The molecule has 0 radical (unpaired) electrons. The molecule has 0 aromatic heterocycles. The van der Waals surface area contributed by atoms with Gasteiger partial charge in [0.25, 0.3) is 0 Å². The normalized spacial score (nSPS) is 11.2. The molecule has 0 atom stereocenters. The predicted molar refractivity (Wildman–Crippen MR) is 104 cm³/mol. The SMILES string of the molecule is CC(C)(C)OC(=O)NCCCCNC(=O)Cc1ccc2ccccc2c1. The maximum Gasteiger partial charge on any atom is 0.407 e. The van der Waals surface area contributed by atoms with Crippen molar-refractivity contribution in [3.63, 3.8) is 0 Å². The largest absolute Gasteiger partial charge is 0.444 e. The average Bonchev–Trinajstić information content (AvgIpc) is 2.56. The fourth-order valence-corrected chi connectivity index (χ4v) is 2.58. The zero-order chi connectivity index (χ0) is 19.0. The van der Waals surface area contributed by atoms with Gasteiger partial charge in [0, 0.05) is 13.1 Å². The Morgan fingerprint density at radius 3 is 2.27 bits per heavy atom. The quantitative estimate of drug-likeness (QED) is 0.742. The molecule has 0 saturated heterocycles. The van der Waals surface area contributed by atoms with E-state index >= 15 is 0 Å². The van der Waals surface area contributed by atoms with E-state index in [1.807, 2.05) is 45.0 Å². The summed E-state index contributed by atoms with van der Waals surface area (Å²) in [4.78, 5) is 23.5. The van der Waals surface area contributed by atoms with Crippen molar-refractivity contribution in [2.24, 2.45) is 0 Å². The molecular formula is C21H28N2O3. The lowest BCUT2D eigenvalue weighted by molar-refractivity contribution is -0.120. The maximum atomic E-state index is 12.0. The summed E-state index contributed by atoms with van der Waals surface area (Å²) in [5.74, 6) is 0.0142. The van der Waals surface area contributed by atoms with E-state index < -0.39 is 11.7 Å². The second-order valence-electron chi connectivity index (χ2n) is 7.34. The van der Waals surface area contributed by atoms with Crippen molar-refractivity contribution in [2.45, 2.75) is 45.6 Å². The number of alkyl carbamates (subject to hydrolysis) is 1. The lowest BCUT2D eigenvalue weighted by Gasteiger charge is -2.19. The summed E-state index contributed by atoms with van der Waals surface area (Å²) in [5, 5.41) is 7.95. The zero-order valence-corrected chi connectivity index (χ0v) is 15.8. The molecule has 5 heteroatoms. The van der Waals surface area contributed by atoms with Gasteiger partial charge in [-0.1, -0.05) is 42.5 Å². The third kappa shape index (κ3) is 7.13. The van der Waals surface area contributed by atoms with Crippen molar-refractivity contribution < 1.29 is 14.3 Å². The third-order valence-electron chi connectivity index (χ3n) is 3.77. The van der Waals surface area contributed by atoms with Gasteiger partial charge >= 0.3 is 6.09 Å². The number of hydrogen-bond acceptors (Lipinski definition) is 3. The minimum Gasteiger partial charge on any atom is -0.444 e. The van der Waals surface area contributed by atoms with Crippen LogP contribution in [0.2, 0.25) is 0 Å². The highest BCUT2D eigenvalue weighted by atomic mass is 16.6. The van der Waals surface area contributed by atoms with E-state index in [4.69, 9.17) is 4.74 Å². The van der Waals surface area contributed by atoms with Crippen LogP contribution in [0.1, 0.15) is 39.2 Å². The van der Waals surface area contributed by atoms with E-state index in [-0.39, 0.29) is 5.91 Å². The first-order chi connectivity index (χ1) is 12.3. The van der Waals surface area contributed by atoms with Gasteiger partial charge in [-0.05, 0) is 49.9 Å². The summed E-state index contributed by atoms with van der Waals surface area (Å²) in [6.45, 7) is 6.63. The van der Waals surface area contributed by atoms with Gasteiger partial charge in [-0.15, -0.1) is 0 Å². The van der Waals surface area contributed by atoms with Gasteiger partial charge in [0.05, 0.1) is 6.42 Å². The monoisotopic (exact) mass is 356 g/mol. The Labute approximate surface area is 155 Å². The number of hydrogen-bond donors (Lipinski definition) is 2. The maximum absolute atomic E-state index is 12.0. The molecule has 5 nitrogen and oxygen atoms in total.